The van der Waals surface area contributed by atoms with Crippen molar-refractivity contribution in [3.8, 4) is 0 Å². The highest BCUT2D eigenvalue weighted by Crippen LogP contribution is 2.39. The summed E-state index contributed by atoms with van der Waals surface area (Å²) in [6, 6.07) is 24.3. The number of hydrogen-bond donors (Lipinski definition) is 1. The molecule has 0 radical (unpaired) electrons. The van der Waals surface area contributed by atoms with Crippen molar-refractivity contribution in [3.63, 3.8) is 0 Å². The van der Waals surface area contributed by atoms with Crippen molar-refractivity contribution in [2.45, 2.75) is 20.0 Å². The van der Waals surface area contributed by atoms with Crippen LogP contribution in [-0.2, 0) is 22.7 Å². The molecule has 0 fully saturated rings. The number of nitrogens with zero attached hydrogens (tertiary/aromatic N) is 2. The number of carbonyl (C=O) groups excluding carboxylic acids is 2. The van der Waals surface area contributed by atoms with Crippen molar-refractivity contribution in [2.24, 2.45) is 0 Å². The van der Waals surface area contributed by atoms with Gasteiger partial charge in [-0.3, -0.25) is 14.9 Å². The predicted molar refractivity (Wildman–Crippen MR) is 143 cm³/mol. The third-order valence-electron chi connectivity index (χ3n) is 6.64. The first-order valence-electron chi connectivity index (χ1n) is 11.6. The second-order valence-electron chi connectivity index (χ2n) is 8.70. The van der Waals surface area contributed by atoms with Gasteiger partial charge in [0.1, 0.15) is 0 Å². The molecule has 5 aromatic rings. The van der Waals surface area contributed by atoms with Crippen LogP contribution in [0.3, 0.4) is 0 Å². The standard InChI is InChI=1S/C29H22BrN3O2/c1-2-32-16-22(20-10-6-7-11-24(20)32)26-27(29(35)31-28(26)34)23-17-33(15-18-8-4-3-5-9-18)25-13-12-19(30)14-21(23)25/h3-14,16-17H,2,15H2,1H3,(H,31,34,35). The topological polar surface area (TPSA) is 56.0 Å². The zero-order valence-corrected chi connectivity index (χ0v) is 20.7. The maximum absolute atomic E-state index is 13.3. The Bertz CT molecular complexity index is 1670. The summed E-state index contributed by atoms with van der Waals surface area (Å²) < 4.78 is 5.17. The normalized spacial score (nSPS) is 13.9. The largest absolute Gasteiger partial charge is 0.347 e. The van der Waals surface area contributed by atoms with Gasteiger partial charge in [0, 0.05) is 62.9 Å². The highest BCUT2D eigenvalue weighted by molar-refractivity contribution is 9.10. The molecule has 0 saturated carbocycles. The van der Waals surface area contributed by atoms with Crippen LogP contribution in [0.25, 0.3) is 33.0 Å². The highest BCUT2D eigenvalue weighted by Gasteiger charge is 2.35. The second kappa shape index (κ2) is 8.40. The average molecular weight is 524 g/mol. The number of carbonyl (C=O) groups is 2. The molecule has 0 saturated heterocycles. The van der Waals surface area contributed by atoms with E-state index in [1.165, 1.54) is 0 Å². The smallest absolute Gasteiger partial charge is 0.259 e. The van der Waals surface area contributed by atoms with E-state index < -0.39 is 0 Å². The minimum atomic E-state index is -0.364. The highest BCUT2D eigenvalue weighted by atomic mass is 79.9. The van der Waals surface area contributed by atoms with Gasteiger partial charge in [-0.2, -0.15) is 0 Å². The van der Waals surface area contributed by atoms with Gasteiger partial charge in [0.15, 0.2) is 0 Å². The molecule has 0 spiro atoms. The van der Waals surface area contributed by atoms with Gasteiger partial charge in [-0.15, -0.1) is 0 Å². The summed E-state index contributed by atoms with van der Waals surface area (Å²) in [7, 11) is 0. The monoisotopic (exact) mass is 523 g/mol. The van der Waals surface area contributed by atoms with Gasteiger partial charge in [-0.1, -0.05) is 64.5 Å². The number of halogens is 1. The lowest BCUT2D eigenvalue weighted by molar-refractivity contribution is -0.122. The zero-order chi connectivity index (χ0) is 24.1. The third kappa shape index (κ3) is 3.53. The van der Waals surface area contributed by atoms with E-state index in [4.69, 9.17) is 0 Å². The predicted octanol–water partition coefficient (Wildman–Crippen LogP) is 5.99. The van der Waals surface area contributed by atoms with Crippen LogP contribution in [0.1, 0.15) is 23.6 Å². The van der Waals surface area contributed by atoms with E-state index in [-0.39, 0.29) is 11.8 Å². The maximum atomic E-state index is 13.3. The van der Waals surface area contributed by atoms with Crippen molar-refractivity contribution >= 4 is 60.7 Å². The molecule has 3 aromatic carbocycles. The van der Waals surface area contributed by atoms with E-state index in [0.717, 1.165) is 49.5 Å². The van der Waals surface area contributed by atoms with E-state index in [2.05, 4.69) is 49.4 Å². The SMILES string of the molecule is CCn1cc(C2=C(c3cn(Cc4ccccc4)c4ccc(Br)cc34)C(=O)NC2=O)c2ccccc21. The Hall–Kier alpha value is -3.90. The zero-order valence-electron chi connectivity index (χ0n) is 19.1. The fourth-order valence-corrected chi connectivity index (χ4v) is 5.42. The lowest BCUT2D eigenvalue weighted by atomic mass is 9.95. The van der Waals surface area contributed by atoms with Crippen LogP contribution in [0.2, 0.25) is 0 Å². The Morgan fingerprint density at radius 1 is 0.743 bits per heavy atom. The van der Waals surface area contributed by atoms with E-state index in [0.29, 0.717) is 17.7 Å². The van der Waals surface area contributed by atoms with Crippen LogP contribution in [0.5, 0.6) is 0 Å². The number of aromatic nitrogens is 2. The maximum Gasteiger partial charge on any atom is 0.259 e. The Balaban J connectivity index is 1.63. The van der Waals surface area contributed by atoms with E-state index >= 15 is 0 Å². The number of amides is 2. The van der Waals surface area contributed by atoms with Crippen LogP contribution in [0, 0.1) is 0 Å². The van der Waals surface area contributed by atoms with Gasteiger partial charge in [0.25, 0.3) is 11.8 Å². The molecule has 6 rings (SSSR count). The number of para-hydroxylation sites is 1. The van der Waals surface area contributed by atoms with Crippen LogP contribution in [0.15, 0.2) is 89.7 Å². The number of nitrogens with one attached hydrogen (secondary N) is 1. The number of benzene rings is 3. The molecule has 0 atom stereocenters. The van der Waals surface area contributed by atoms with Crippen molar-refractivity contribution in [1.29, 1.82) is 0 Å². The van der Waals surface area contributed by atoms with Crippen molar-refractivity contribution < 1.29 is 9.59 Å². The Kier molecular flexibility index (Phi) is 5.19. The summed E-state index contributed by atoms with van der Waals surface area (Å²) in [6.07, 6.45) is 3.98. The molecule has 0 bridgehead atoms. The molecule has 0 aliphatic carbocycles. The first-order valence-corrected chi connectivity index (χ1v) is 12.4. The first-order chi connectivity index (χ1) is 17.0. The van der Waals surface area contributed by atoms with Crippen molar-refractivity contribution in [3.05, 3.63) is 106 Å². The number of imide groups is 1. The summed E-state index contributed by atoms with van der Waals surface area (Å²) in [4.78, 5) is 26.5. The van der Waals surface area contributed by atoms with Gasteiger partial charge < -0.3 is 9.13 Å². The van der Waals surface area contributed by atoms with Crippen LogP contribution in [0.4, 0.5) is 0 Å². The van der Waals surface area contributed by atoms with E-state index in [1.54, 1.807) is 0 Å². The van der Waals surface area contributed by atoms with Gasteiger partial charge in [0.2, 0.25) is 0 Å². The second-order valence-corrected chi connectivity index (χ2v) is 9.61. The number of rotatable bonds is 5. The van der Waals surface area contributed by atoms with Crippen LogP contribution >= 0.6 is 15.9 Å². The molecule has 1 aliphatic heterocycles. The fraction of sp³-hybridized carbons (Fsp3) is 0.103. The lowest BCUT2D eigenvalue weighted by Crippen LogP contribution is -2.22. The molecule has 6 heteroatoms. The van der Waals surface area contributed by atoms with Gasteiger partial charge in [0.05, 0.1) is 11.1 Å². The van der Waals surface area contributed by atoms with Crippen LogP contribution < -0.4 is 5.32 Å². The minimum absolute atomic E-state index is 0.358. The quantitative estimate of drug-likeness (QED) is 0.287. The van der Waals surface area contributed by atoms with Crippen molar-refractivity contribution in [2.75, 3.05) is 0 Å². The molecular formula is C29H22BrN3O2. The number of aryl methyl sites for hydroxylation is 1. The lowest BCUT2D eigenvalue weighted by Gasteiger charge is -2.05. The molecule has 3 heterocycles. The summed E-state index contributed by atoms with van der Waals surface area (Å²) in [5.74, 6) is -0.722. The number of hydrogen-bond acceptors (Lipinski definition) is 2. The Morgan fingerprint density at radius 2 is 1.37 bits per heavy atom. The van der Waals surface area contributed by atoms with Gasteiger partial charge >= 0.3 is 0 Å². The molecule has 0 unspecified atom stereocenters. The van der Waals surface area contributed by atoms with E-state index in [1.807, 2.05) is 73.1 Å². The Morgan fingerprint density at radius 3 is 2.11 bits per heavy atom. The molecule has 1 aliphatic rings. The summed E-state index contributed by atoms with van der Waals surface area (Å²) in [5, 5.41) is 4.44. The molecule has 5 nitrogen and oxygen atoms in total. The minimum Gasteiger partial charge on any atom is -0.347 e. The molecule has 2 aromatic heterocycles. The summed E-state index contributed by atoms with van der Waals surface area (Å²) >= 11 is 3.59. The molecule has 172 valence electrons. The summed E-state index contributed by atoms with van der Waals surface area (Å²) in [5.41, 5.74) is 5.58. The van der Waals surface area contributed by atoms with Crippen molar-refractivity contribution in [1.82, 2.24) is 14.5 Å². The van der Waals surface area contributed by atoms with Gasteiger partial charge in [-0.25, -0.2) is 0 Å². The molecule has 1 N–H and O–H groups in total. The molecule has 2 amide bonds. The van der Waals surface area contributed by atoms with Crippen LogP contribution in [-0.4, -0.2) is 20.9 Å². The summed E-state index contributed by atoms with van der Waals surface area (Å²) in [6.45, 7) is 3.49. The fourth-order valence-electron chi connectivity index (χ4n) is 5.06. The molecule has 35 heavy (non-hydrogen) atoms. The third-order valence-corrected chi connectivity index (χ3v) is 7.13. The average Bonchev–Trinajstić information content (AvgIpc) is 3.50. The first kappa shape index (κ1) is 21.6. The van der Waals surface area contributed by atoms with E-state index in [9.17, 15) is 9.59 Å². The Labute approximate surface area is 210 Å². The van der Waals surface area contributed by atoms with Gasteiger partial charge in [-0.05, 0) is 36.8 Å². The number of fused-ring (bicyclic) bond motifs is 2. The molecular weight excluding hydrogens is 502 g/mol.